The molecule has 0 heterocycles. The number of unbranched alkanes of at least 4 members (excludes halogenated alkanes) is 1. The predicted octanol–water partition coefficient (Wildman–Crippen LogP) is 1.76. The molecule has 2 amide bonds. The number of nitrogens with one attached hydrogen (secondary N) is 2. The van der Waals surface area contributed by atoms with E-state index in [-0.39, 0.29) is 0 Å². The third-order valence-corrected chi connectivity index (χ3v) is 3.66. The molecule has 2 aromatic carbocycles. The van der Waals surface area contributed by atoms with E-state index in [9.17, 15) is 19.2 Å². The molecule has 134 valence electrons. The van der Waals surface area contributed by atoms with Gasteiger partial charge in [-0.1, -0.05) is 60.7 Å². The number of carbonyl (C=O) groups excluding carboxylic acids is 4. The molecule has 0 aliphatic carbocycles. The summed E-state index contributed by atoms with van der Waals surface area (Å²) in [6.07, 6.45) is 1.15. The Morgan fingerprint density at radius 1 is 0.577 bits per heavy atom. The van der Waals surface area contributed by atoms with Crippen molar-refractivity contribution in [3.05, 3.63) is 71.8 Å². The molecule has 2 aromatic rings. The Balaban J connectivity index is 1.62. The first kappa shape index (κ1) is 19.1. The van der Waals surface area contributed by atoms with Gasteiger partial charge in [0.2, 0.25) is 11.6 Å². The molecule has 0 aliphatic heterocycles. The van der Waals surface area contributed by atoms with Gasteiger partial charge in [-0.2, -0.15) is 0 Å². The van der Waals surface area contributed by atoms with Crippen molar-refractivity contribution in [2.24, 2.45) is 0 Å². The lowest BCUT2D eigenvalue weighted by molar-refractivity contribution is -0.117. The van der Waals surface area contributed by atoms with E-state index in [0.29, 0.717) is 37.1 Å². The topological polar surface area (TPSA) is 92.3 Å². The van der Waals surface area contributed by atoms with Crippen LogP contribution in [-0.4, -0.2) is 36.5 Å². The van der Waals surface area contributed by atoms with Crippen molar-refractivity contribution in [3.63, 3.8) is 0 Å². The molecule has 2 rings (SSSR count). The standard InChI is InChI=1S/C20H20N2O4/c23-17(15-9-3-1-4-10-15)19(25)21-13-7-8-14-22-20(26)18(24)16-11-5-2-6-12-16/h1-6,9-12H,7-8,13-14H2,(H,21,25)(H,22,26). The van der Waals surface area contributed by atoms with Crippen molar-refractivity contribution < 1.29 is 19.2 Å². The number of hydrogen-bond donors (Lipinski definition) is 2. The van der Waals surface area contributed by atoms with Crippen molar-refractivity contribution in [3.8, 4) is 0 Å². The number of Topliss-reactive ketones (excluding diaryl/α,β-unsaturated/α-hetero) is 2. The first-order chi connectivity index (χ1) is 12.6. The third kappa shape index (κ3) is 5.66. The molecule has 2 N–H and O–H groups in total. The number of rotatable bonds is 9. The minimum Gasteiger partial charge on any atom is -0.349 e. The van der Waals surface area contributed by atoms with E-state index in [1.165, 1.54) is 0 Å². The van der Waals surface area contributed by atoms with E-state index in [1.807, 2.05) is 0 Å². The van der Waals surface area contributed by atoms with Crippen molar-refractivity contribution in [1.29, 1.82) is 0 Å². The second kappa shape index (κ2) is 9.88. The van der Waals surface area contributed by atoms with Gasteiger partial charge in [-0.3, -0.25) is 19.2 Å². The van der Waals surface area contributed by atoms with Crippen molar-refractivity contribution in [1.82, 2.24) is 10.6 Å². The van der Waals surface area contributed by atoms with Crippen LogP contribution >= 0.6 is 0 Å². The number of ketones is 2. The smallest absolute Gasteiger partial charge is 0.292 e. The molecular formula is C20H20N2O4. The number of hydrogen-bond acceptors (Lipinski definition) is 4. The molecule has 0 spiro atoms. The molecule has 0 aromatic heterocycles. The van der Waals surface area contributed by atoms with E-state index in [0.717, 1.165) is 0 Å². The van der Waals surface area contributed by atoms with E-state index in [2.05, 4.69) is 10.6 Å². The van der Waals surface area contributed by atoms with Gasteiger partial charge in [-0.15, -0.1) is 0 Å². The fourth-order valence-corrected chi connectivity index (χ4v) is 2.26. The van der Waals surface area contributed by atoms with Gasteiger partial charge in [0, 0.05) is 24.2 Å². The molecule has 6 nitrogen and oxygen atoms in total. The second-order valence-electron chi connectivity index (χ2n) is 5.61. The van der Waals surface area contributed by atoms with E-state index < -0.39 is 23.4 Å². The molecule has 0 atom stereocenters. The zero-order valence-corrected chi connectivity index (χ0v) is 14.2. The van der Waals surface area contributed by atoms with Gasteiger partial charge in [0.1, 0.15) is 0 Å². The Hall–Kier alpha value is -3.28. The second-order valence-corrected chi connectivity index (χ2v) is 5.61. The molecule has 0 radical (unpaired) electrons. The Bertz CT molecular complexity index is 705. The normalized spacial score (nSPS) is 10.0. The summed E-state index contributed by atoms with van der Waals surface area (Å²) in [5, 5.41) is 5.10. The molecule has 6 heteroatoms. The van der Waals surface area contributed by atoms with Crippen molar-refractivity contribution in [2.75, 3.05) is 13.1 Å². The van der Waals surface area contributed by atoms with Gasteiger partial charge in [0.05, 0.1) is 0 Å². The van der Waals surface area contributed by atoms with E-state index in [4.69, 9.17) is 0 Å². The van der Waals surface area contributed by atoms with Crippen LogP contribution in [0.5, 0.6) is 0 Å². The fraction of sp³-hybridized carbons (Fsp3) is 0.200. The number of amides is 2. The van der Waals surface area contributed by atoms with Crippen molar-refractivity contribution >= 4 is 23.4 Å². The zero-order chi connectivity index (χ0) is 18.8. The Morgan fingerprint density at radius 3 is 1.27 bits per heavy atom. The first-order valence-corrected chi connectivity index (χ1v) is 8.34. The lowest BCUT2D eigenvalue weighted by Gasteiger charge is -2.06. The first-order valence-electron chi connectivity index (χ1n) is 8.34. The van der Waals surface area contributed by atoms with Crippen LogP contribution in [0.15, 0.2) is 60.7 Å². The molecule has 0 saturated carbocycles. The van der Waals surface area contributed by atoms with E-state index >= 15 is 0 Å². The zero-order valence-electron chi connectivity index (χ0n) is 14.2. The maximum absolute atomic E-state index is 11.9. The van der Waals surface area contributed by atoms with Crippen LogP contribution in [0.4, 0.5) is 0 Å². The van der Waals surface area contributed by atoms with Crippen LogP contribution in [0.1, 0.15) is 33.6 Å². The molecule has 0 unspecified atom stereocenters. The Morgan fingerprint density at radius 2 is 0.923 bits per heavy atom. The number of carbonyl (C=O) groups is 4. The minimum atomic E-state index is -0.653. The van der Waals surface area contributed by atoms with Gasteiger partial charge >= 0.3 is 0 Å². The fourth-order valence-electron chi connectivity index (χ4n) is 2.26. The summed E-state index contributed by atoms with van der Waals surface area (Å²) in [4.78, 5) is 47.2. The molecule has 0 aliphatic rings. The third-order valence-electron chi connectivity index (χ3n) is 3.66. The monoisotopic (exact) mass is 352 g/mol. The molecule has 0 saturated heterocycles. The van der Waals surface area contributed by atoms with Crippen LogP contribution in [-0.2, 0) is 9.59 Å². The van der Waals surface area contributed by atoms with Crippen molar-refractivity contribution in [2.45, 2.75) is 12.8 Å². The van der Waals surface area contributed by atoms with Crippen LogP contribution in [0.25, 0.3) is 0 Å². The minimum absolute atomic E-state index is 0.319. The Kier molecular flexibility index (Phi) is 7.24. The van der Waals surface area contributed by atoms with Gasteiger partial charge < -0.3 is 10.6 Å². The quantitative estimate of drug-likeness (QED) is 0.409. The summed E-state index contributed by atoms with van der Waals surface area (Å²) < 4.78 is 0. The lowest BCUT2D eigenvalue weighted by atomic mass is 10.1. The SMILES string of the molecule is O=C(NCCCCNC(=O)C(=O)c1ccccc1)C(=O)c1ccccc1. The van der Waals surface area contributed by atoms with Crippen LogP contribution in [0, 0.1) is 0 Å². The van der Waals surface area contributed by atoms with Gasteiger partial charge in [0.15, 0.2) is 0 Å². The predicted molar refractivity (Wildman–Crippen MR) is 96.8 cm³/mol. The highest BCUT2D eigenvalue weighted by atomic mass is 16.2. The largest absolute Gasteiger partial charge is 0.349 e. The Labute approximate surface area is 151 Å². The average molecular weight is 352 g/mol. The van der Waals surface area contributed by atoms with E-state index in [1.54, 1.807) is 60.7 Å². The summed E-state index contributed by atoms with van der Waals surface area (Å²) in [6, 6.07) is 16.7. The highest BCUT2D eigenvalue weighted by molar-refractivity contribution is 6.43. The molecule has 26 heavy (non-hydrogen) atoms. The molecule has 0 fully saturated rings. The van der Waals surface area contributed by atoms with Gasteiger partial charge in [-0.05, 0) is 12.8 Å². The van der Waals surface area contributed by atoms with Crippen LogP contribution in [0.3, 0.4) is 0 Å². The molecular weight excluding hydrogens is 332 g/mol. The van der Waals surface area contributed by atoms with Crippen LogP contribution < -0.4 is 10.6 Å². The maximum Gasteiger partial charge on any atom is 0.292 e. The maximum atomic E-state index is 11.9. The number of benzene rings is 2. The lowest BCUT2D eigenvalue weighted by Crippen LogP contribution is -2.33. The molecule has 0 bridgehead atoms. The van der Waals surface area contributed by atoms with Gasteiger partial charge in [-0.25, -0.2) is 0 Å². The summed E-state index contributed by atoms with van der Waals surface area (Å²) in [5.74, 6) is -2.46. The summed E-state index contributed by atoms with van der Waals surface area (Å²) in [7, 11) is 0. The summed E-state index contributed by atoms with van der Waals surface area (Å²) >= 11 is 0. The van der Waals surface area contributed by atoms with Crippen LogP contribution in [0.2, 0.25) is 0 Å². The average Bonchev–Trinajstić information content (AvgIpc) is 2.70. The van der Waals surface area contributed by atoms with Gasteiger partial charge in [0.25, 0.3) is 11.8 Å². The highest BCUT2D eigenvalue weighted by Crippen LogP contribution is 2.01. The summed E-state index contributed by atoms with van der Waals surface area (Å²) in [5.41, 5.74) is 0.688. The summed E-state index contributed by atoms with van der Waals surface area (Å²) in [6.45, 7) is 0.639. The highest BCUT2D eigenvalue weighted by Gasteiger charge is 2.16.